The monoisotopic (exact) mass is 307 g/mol. The molecular weight excluding hydrogens is 290 g/mol. The highest BCUT2D eigenvalue weighted by molar-refractivity contribution is 6.04. The summed E-state index contributed by atoms with van der Waals surface area (Å²) in [5.74, 6) is 0.526. The number of aromatic nitrogens is 1. The predicted octanol–water partition coefficient (Wildman–Crippen LogP) is 3.68. The predicted molar refractivity (Wildman–Crippen MR) is 89.9 cm³/mol. The number of fused-ring (bicyclic) bond motifs is 1. The molecule has 5 nitrogen and oxygen atoms in total. The van der Waals surface area contributed by atoms with Crippen LogP contribution >= 0.6 is 0 Å². The van der Waals surface area contributed by atoms with Crippen molar-refractivity contribution in [2.24, 2.45) is 0 Å². The van der Waals surface area contributed by atoms with Crippen molar-refractivity contribution >= 4 is 28.4 Å². The number of carbonyl (C=O) groups is 1. The fraction of sp³-hybridized carbons (Fsp3) is 0.222. The van der Waals surface area contributed by atoms with E-state index in [4.69, 9.17) is 4.42 Å². The summed E-state index contributed by atoms with van der Waals surface area (Å²) in [6, 6.07) is 13.1. The van der Waals surface area contributed by atoms with E-state index < -0.39 is 0 Å². The van der Waals surface area contributed by atoms with E-state index >= 15 is 0 Å². The molecule has 0 atom stereocenters. The lowest BCUT2D eigenvalue weighted by Gasteiger charge is -2.17. The largest absolute Gasteiger partial charge is 0.451 e. The van der Waals surface area contributed by atoms with Crippen molar-refractivity contribution in [2.45, 2.75) is 12.8 Å². The molecule has 5 heteroatoms. The molecule has 0 aliphatic carbocycles. The van der Waals surface area contributed by atoms with Crippen LogP contribution < -0.4 is 10.2 Å². The first-order valence-electron chi connectivity index (χ1n) is 7.80. The molecule has 0 unspecified atom stereocenters. The van der Waals surface area contributed by atoms with Gasteiger partial charge in [0, 0.05) is 18.5 Å². The maximum absolute atomic E-state index is 12.3. The van der Waals surface area contributed by atoms with Crippen molar-refractivity contribution in [2.75, 3.05) is 23.3 Å². The van der Waals surface area contributed by atoms with Crippen LogP contribution in [-0.2, 0) is 0 Å². The van der Waals surface area contributed by atoms with Crippen LogP contribution in [-0.4, -0.2) is 24.0 Å². The highest BCUT2D eigenvalue weighted by Crippen LogP contribution is 2.22. The minimum Gasteiger partial charge on any atom is -0.451 e. The van der Waals surface area contributed by atoms with Gasteiger partial charge in [0.1, 0.15) is 11.4 Å². The van der Waals surface area contributed by atoms with Gasteiger partial charge in [0.15, 0.2) is 5.76 Å². The van der Waals surface area contributed by atoms with E-state index in [0.29, 0.717) is 11.4 Å². The standard InChI is InChI=1S/C18H17N3O2/c22-18(16-11-13-5-1-2-6-15(13)23-16)20-17-8-7-14(12-19-17)21-9-3-4-10-21/h1-2,5-8,11-12H,3-4,9-10H2,(H,19,20,22). The van der Waals surface area contributed by atoms with E-state index in [1.54, 1.807) is 12.3 Å². The summed E-state index contributed by atoms with van der Waals surface area (Å²) in [5.41, 5.74) is 1.80. The van der Waals surface area contributed by atoms with Crippen LogP contribution in [0.15, 0.2) is 53.1 Å². The topological polar surface area (TPSA) is 58.4 Å². The third kappa shape index (κ3) is 2.77. The Balaban J connectivity index is 1.49. The number of benzene rings is 1. The van der Waals surface area contributed by atoms with Crippen molar-refractivity contribution in [3.63, 3.8) is 0 Å². The molecule has 3 aromatic rings. The molecule has 23 heavy (non-hydrogen) atoms. The Kier molecular flexibility index (Phi) is 3.46. The maximum atomic E-state index is 12.3. The molecule has 0 radical (unpaired) electrons. The molecule has 1 aliphatic rings. The molecule has 2 aromatic heterocycles. The second-order valence-electron chi connectivity index (χ2n) is 5.70. The summed E-state index contributed by atoms with van der Waals surface area (Å²) in [6.07, 6.45) is 4.26. The minimum atomic E-state index is -0.289. The van der Waals surface area contributed by atoms with Crippen molar-refractivity contribution in [3.8, 4) is 0 Å². The molecule has 1 N–H and O–H groups in total. The number of nitrogens with zero attached hydrogens (tertiary/aromatic N) is 2. The molecule has 1 aliphatic heterocycles. The smallest absolute Gasteiger partial charge is 0.292 e. The highest BCUT2D eigenvalue weighted by atomic mass is 16.3. The van der Waals surface area contributed by atoms with E-state index in [-0.39, 0.29) is 11.7 Å². The number of carbonyl (C=O) groups excluding carboxylic acids is 1. The molecule has 1 saturated heterocycles. The number of furan rings is 1. The Labute approximate surface area is 133 Å². The van der Waals surface area contributed by atoms with Gasteiger partial charge in [-0.1, -0.05) is 18.2 Å². The fourth-order valence-electron chi connectivity index (χ4n) is 2.89. The lowest BCUT2D eigenvalue weighted by atomic mass is 10.2. The zero-order valence-electron chi connectivity index (χ0n) is 12.7. The Morgan fingerprint density at radius 3 is 2.70 bits per heavy atom. The van der Waals surface area contributed by atoms with Gasteiger partial charge in [-0.3, -0.25) is 4.79 Å². The Bertz CT molecular complexity index is 800. The molecule has 3 heterocycles. The van der Waals surface area contributed by atoms with Crippen molar-refractivity contribution in [3.05, 3.63) is 54.4 Å². The fourth-order valence-corrected chi connectivity index (χ4v) is 2.89. The molecule has 0 bridgehead atoms. The molecule has 1 aromatic carbocycles. The number of nitrogens with one attached hydrogen (secondary N) is 1. The number of anilines is 2. The molecule has 1 amide bonds. The van der Waals surface area contributed by atoms with Crippen LogP contribution in [0.4, 0.5) is 11.5 Å². The van der Waals surface area contributed by atoms with Crippen LogP contribution in [0.2, 0.25) is 0 Å². The summed E-state index contributed by atoms with van der Waals surface area (Å²) < 4.78 is 5.56. The highest BCUT2D eigenvalue weighted by Gasteiger charge is 2.15. The van der Waals surface area contributed by atoms with Gasteiger partial charge in [-0.05, 0) is 37.1 Å². The third-order valence-electron chi connectivity index (χ3n) is 4.11. The Morgan fingerprint density at radius 2 is 1.96 bits per heavy atom. The molecule has 0 spiro atoms. The minimum absolute atomic E-state index is 0.289. The Hall–Kier alpha value is -2.82. The normalized spacial score (nSPS) is 14.3. The molecule has 0 saturated carbocycles. The van der Waals surface area contributed by atoms with Gasteiger partial charge in [0.25, 0.3) is 5.91 Å². The van der Waals surface area contributed by atoms with Gasteiger partial charge in [-0.2, -0.15) is 0 Å². The van der Waals surface area contributed by atoms with E-state index in [9.17, 15) is 4.79 Å². The number of rotatable bonds is 3. The summed E-state index contributed by atoms with van der Waals surface area (Å²) in [7, 11) is 0. The third-order valence-corrected chi connectivity index (χ3v) is 4.11. The van der Waals surface area contributed by atoms with Crippen molar-refractivity contribution in [1.82, 2.24) is 4.98 Å². The number of amides is 1. The van der Waals surface area contributed by atoms with Gasteiger partial charge in [-0.25, -0.2) is 4.98 Å². The second kappa shape index (κ2) is 5.76. The number of hydrogen-bond donors (Lipinski definition) is 1. The average Bonchev–Trinajstić information content (AvgIpc) is 3.25. The van der Waals surface area contributed by atoms with Crippen LogP contribution in [0, 0.1) is 0 Å². The lowest BCUT2D eigenvalue weighted by molar-refractivity contribution is 0.0998. The first-order valence-corrected chi connectivity index (χ1v) is 7.80. The van der Waals surface area contributed by atoms with Crippen molar-refractivity contribution in [1.29, 1.82) is 0 Å². The number of hydrogen-bond acceptors (Lipinski definition) is 4. The van der Waals surface area contributed by atoms with E-state index in [2.05, 4.69) is 15.2 Å². The number of para-hydroxylation sites is 1. The maximum Gasteiger partial charge on any atom is 0.292 e. The van der Waals surface area contributed by atoms with E-state index in [1.807, 2.05) is 36.4 Å². The summed E-state index contributed by atoms with van der Waals surface area (Å²) in [6.45, 7) is 2.15. The molecular formula is C18H17N3O2. The van der Waals surface area contributed by atoms with Crippen LogP contribution in [0.25, 0.3) is 11.0 Å². The summed E-state index contributed by atoms with van der Waals surface area (Å²) >= 11 is 0. The number of pyridine rings is 1. The Morgan fingerprint density at radius 1 is 1.13 bits per heavy atom. The van der Waals surface area contributed by atoms with Gasteiger partial charge < -0.3 is 14.6 Å². The zero-order valence-corrected chi connectivity index (χ0v) is 12.7. The van der Waals surface area contributed by atoms with Gasteiger partial charge in [-0.15, -0.1) is 0 Å². The van der Waals surface area contributed by atoms with Gasteiger partial charge in [0.05, 0.1) is 11.9 Å². The van der Waals surface area contributed by atoms with Crippen LogP contribution in [0.5, 0.6) is 0 Å². The van der Waals surface area contributed by atoms with E-state index in [0.717, 1.165) is 24.2 Å². The van der Waals surface area contributed by atoms with Crippen molar-refractivity contribution < 1.29 is 9.21 Å². The summed E-state index contributed by atoms with van der Waals surface area (Å²) in [5, 5.41) is 3.69. The van der Waals surface area contributed by atoms with E-state index in [1.165, 1.54) is 12.8 Å². The van der Waals surface area contributed by atoms with Crippen LogP contribution in [0.3, 0.4) is 0 Å². The molecule has 1 fully saturated rings. The molecule has 116 valence electrons. The SMILES string of the molecule is O=C(Nc1ccc(N2CCCC2)cn1)c1cc2ccccc2o1. The quantitative estimate of drug-likeness (QED) is 0.802. The first kappa shape index (κ1) is 13.8. The average molecular weight is 307 g/mol. The second-order valence-corrected chi connectivity index (χ2v) is 5.70. The first-order chi connectivity index (χ1) is 11.3. The van der Waals surface area contributed by atoms with Gasteiger partial charge >= 0.3 is 0 Å². The zero-order chi connectivity index (χ0) is 15.6. The molecule has 4 rings (SSSR count). The summed E-state index contributed by atoms with van der Waals surface area (Å²) in [4.78, 5) is 18.9. The van der Waals surface area contributed by atoms with Crippen LogP contribution in [0.1, 0.15) is 23.4 Å². The lowest BCUT2D eigenvalue weighted by Crippen LogP contribution is -2.18. The van der Waals surface area contributed by atoms with Gasteiger partial charge in [0.2, 0.25) is 0 Å².